The lowest BCUT2D eigenvalue weighted by Gasteiger charge is -2.34. The highest BCUT2D eigenvalue weighted by molar-refractivity contribution is 7.15. The van der Waals surface area contributed by atoms with Crippen molar-refractivity contribution in [2.45, 2.75) is 90.1 Å². The largest absolute Gasteiger partial charge is 0.356 e. The predicted octanol–water partition coefficient (Wildman–Crippen LogP) is 5.31. The van der Waals surface area contributed by atoms with Gasteiger partial charge in [-0.2, -0.15) is 0 Å². The average Bonchev–Trinajstić information content (AvgIpc) is 3.65. The standard InChI is InChI=1S/C40H43ClN8O5S/c1-22-23(2)55-40-35(22)36(25-12-14-26(41)15-13-25)43-30(37-47-46-24(3)49(37)40)21-33(51)42-19-8-4-5-11-34(52)48-20-18-28(27-9-6-7-10-31(27)48)38(53)44-29-16-17-32(50)45-39(29)54/h6-7,9-10,12-15,28-30H,4-5,8,11,16-21H2,1-3H3,(H,42,51)(H,44,53)(H,45,50,54)/t28-,29-,30-/m0/s1. The molecule has 7 rings (SSSR count). The summed E-state index contributed by atoms with van der Waals surface area (Å²) in [7, 11) is 0. The fourth-order valence-corrected chi connectivity index (χ4v) is 8.86. The number of carbonyl (C=O) groups excluding carboxylic acids is 5. The van der Waals surface area contributed by atoms with Crippen molar-refractivity contribution in [1.29, 1.82) is 0 Å². The number of carbonyl (C=O) groups is 5. The minimum atomic E-state index is -0.755. The number of imide groups is 1. The predicted molar refractivity (Wildman–Crippen MR) is 210 cm³/mol. The maximum atomic E-state index is 13.4. The monoisotopic (exact) mass is 782 g/mol. The molecule has 286 valence electrons. The molecule has 0 saturated carbocycles. The number of aryl methyl sites for hydroxylation is 2. The van der Waals surface area contributed by atoms with Gasteiger partial charge in [0.1, 0.15) is 22.9 Å². The van der Waals surface area contributed by atoms with E-state index in [0.717, 1.165) is 45.2 Å². The lowest BCUT2D eigenvalue weighted by Crippen LogP contribution is -2.53. The Kier molecular flexibility index (Phi) is 11.3. The van der Waals surface area contributed by atoms with Crippen molar-refractivity contribution >= 4 is 63.9 Å². The van der Waals surface area contributed by atoms with Crippen molar-refractivity contribution in [3.63, 3.8) is 0 Å². The summed E-state index contributed by atoms with van der Waals surface area (Å²) in [6.45, 7) is 6.92. The molecule has 0 bridgehead atoms. The molecule has 3 atom stereocenters. The number of nitrogens with one attached hydrogen (secondary N) is 3. The lowest BCUT2D eigenvalue weighted by molar-refractivity contribution is -0.137. The zero-order valence-electron chi connectivity index (χ0n) is 31.0. The number of aromatic nitrogens is 3. The summed E-state index contributed by atoms with van der Waals surface area (Å²) in [6.07, 6.45) is 3.38. The summed E-state index contributed by atoms with van der Waals surface area (Å²) >= 11 is 7.89. The first-order chi connectivity index (χ1) is 26.5. The molecule has 2 aromatic carbocycles. The minimum Gasteiger partial charge on any atom is -0.356 e. The Morgan fingerprint density at radius 1 is 0.982 bits per heavy atom. The van der Waals surface area contributed by atoms with Gasteiger partial charge in [0.25, 0.3) is 0 Å². The number of fused-ring (bicyclic) bond motifs is 4. The zero-order chi connectivity index (χ0) is 38.8. The fraction of sp³-hybridized carbons (Fsp3) is 0.400. The summed E-state index contributed by atoms with van der Waals surface area (Å²) in [5, 5.41) is 18.6. The maximum absolute atomic E-state index is 13.4. The fourth-order valence-electron chi connectivity index (χ4n) is 7.52. The SMILES string of the molecule is Cc1sc2c(c1C)C(c1ccc(Cl)cc1)=N[C@@H](CC(=O)NCCCCCC(=O)N1CC[C@H](C(=O)N[C@H]3CCC(=O)NC3=O)c3ccccc31)c1nnc(C)n1-2. The van der Waals surface area contributed by atoms with Crippen molar-refractivity contribution in [2.75, 3.05) is 18.0 Å². The molecular weight excluding hydrogens is 740 g/mol. The summed E-state index contributed by atoms with van der Waals surface area (Å²) in [5.41, 5.74) is 5.27. The van der Waals surface area contributed by atoms with Crippen LogP contribution in [0, 0.1) is 20.8 Å². The van der Waals surface area contributed by atoms with Crippen LogP contribution in [0.5, 0.6) is 0 Å². The van der Waals surface area contributed by atoms with Crippen LogP contribution in [-0.2, 0) is 24.0 Å². The second-order valence-corrected chi connectivity index (χ2v) is 15.9. The van der Waals surface area contributed by atoms with Gasteiger partial charge in [-0.3, -0.25) is 38.8 Å². The number of anilines is 1. The average molecular weight is 783 g/mol. The number of aliphatic imine (C=N–C) groups is 1. The van der Waals surface area contributed by atoms with Gasteiger partial charge in [-0.25, -0.2) is 0 Å². The smallest absolute Gasteiger partial charge is 0.249 e. The van der Waals surface area contributed by atoms with E-state index < -0.39 is 23.9 Å². The van der Waals surface area contributed by atoms with Gasteiger partial charge in [-0.1, -0.05) is 48.4 Å². The molecule has 55 heavy (non-hydrogen) atoms. The Morgan fingerprint density at radius 2 is 1.76 bits per heavy atom. The first-order valence-corrected chi connectivity index (χ1v) is 19.9. The van der Waals surface area contributed by atoms with Crippen molar-refractivity contribution in [1.82, 2.24) is 30.7 Å². The lowest BCUT2D eigenvalue weighted by atomic mass is 9.88. The van der Waals surface area contributed by atoms with E-state index in [9.17, 15) is 24.0 Å². The first-order valence-electron chi connectivity index (χ1n) is 18.7. The molecule has 2 aromatic heterocycles. The van der Waals surface area contributed by atoms with E-state index in [1.165, 1.54) is 4.88 Å². The van der Waals surface area contributed by atoms with Crippen LogP contribution in [0.1, 0.15) is 102 Å². The number of rotatable bonds is 11. The Hall–Kier alpha value is -5.21. The van der Waals surface area contributed by atoms with Crippen LogP contribution < -0.4 is 20.9 Å². The molecule has 4 aromatic rings. The topological polar surface area (TPSA) is 168 Å². The molecule has 1 fully saturated rings. The number of piperidine rings is 1. The third-order valence-electron chi connectivity index (χ3n) is 10.5. The van der Waals surface area contributed by atoms with Gasteiger partial charge in [-0.05, 0) is 75.8 Å². The molecule has 3 aliphatic heterocycles. The third-order valence-corrected chi connectivity index (χ3v) is 12.0. The summed E-state index contributed by atoms with van der Waals surface area (Å²) in [5.74, 6) is -0.455. The number of nitrogens with zero attached hydrogens (tertiary/aromatic N) is 5. The second kappa shape index (κ2) is 16.3. The van der Waals surface area contributed by atoms with Crippen LogP contribution in [0.3, 0.4) is 0 Å². The van der Waals surface area contributed by atoms with Crippen molar-refractivity contribution < 1.29 is 24.0 Å². The molecular formula is C40H43ClN8O5S. The molecule has 0 spiro atoms. The second-order valence-electron chi connectivity index (χ2n) is 14.2. The van der Waals surface area contributed by atoms with E-state index in [1.54, 1.807) is 16.2 Å². The Labute approximate surface area is 327 Å². The highest BCUT2D eigenvalue weighted by Crippen LogP contribution is 2.40. The molecule has 3 N–H and O–H groups in total. The minimum absolute atomic E-state index is 0.0263. The Bertz CT molecular complexity index is 2190. The number of amides is 5. The van der Waals surface area contributed by atoms with Crippen LogP contribution in [0.2, 0.25) is 5.02 Å². The van der Waals surface area contributed by atoms with Crippen LogP contribution in [0.4, 0.5) is 5.69 Å². The van der Waals surface area contributed by atoms with Crippen molar-refractivity contribution in [2.24, 2.45) is 4.99 Å². The third kappa shape index (κ3) is 7.97. The number of hydrogen-bond acceptors (Lipinski definition) is 9. The van der Waals surface area contributed by atoms with Gasteiger partial charge in [0.2, 0.25) is 29.5 Å². The van der Waals surface area contributed by atoms with Crippen LogP contribution in [0.15, 0.2) is 53.5 Å². The van der Waals surface area contributed by atoms with Gasteiger partial charge in [0, 0.05) is 52.6 Å². The van der Waals surface area contributed by atoms with Crippen LogP contribution in [-0.4, -0.2) is 69.1 Å². The summed E-state index contributed by atoms with van der Waals surface area (Å²) in [6, 6.07) is 13.6. The first kappa shape index (κ1) is 38.1. The van der Waals surface area contributed by atoms with Crippen LogP contribution in [0.25, 0.3) is 5.00 Å². The van der Waals surface area contributed by atoms with E-state index in [1.807, 2.05) is 60.0 Å². The van der Waals surface area contributed by atoms with Gasteiger partial charge in [0.15, 0.2) is 5.82 Å². The van der Waals surface area contributed by atoms with E-state index >= 15 is 0 Å². The summed E-state index contributed by atoms with van der Waals surface area (Å²) in [4.78, 5) is 71.8. The number of unbranched alkanes of at least 4 members (excludes halogenated alkanes) is 2. The highest BCUT2D eigenvalue weighted by atomic mass is 35.5. The molecule has 15 heteroatoms. The molecule has 5 heterocycles. The maximum Gasteiger partial charge on any atom is 0.249 e. The molecule has 13 nitrogen and oxygen atoms in total. The Balaban J connectivity index is 0.927. The van der Waals surface area contributed by atoms with E-state index in [-0.39, 0.29) is 42.9 Å². The van der Waals surface area contributed by atoms with Crippen LogP contribution >= 0.6 is 22.9 Å². The van der Waals surface area contributed by atoms with E-state index in [4.69, 9.17) is 16.6 Å². The van der Waals surface area contributed by atoms with Crippen molar-refractivity contribution in [3.05, 3.63) is 92.3 Å². The number of hydrogen-bond donors (Lipinski definition) is 3. The molecule has 0 aliphatic carbocycles. The molecule has 0 radical (unpaired) electrons. The van der Waals surface area contributed by atoms with E-state index in [2.05, 4.69) is 40.0 Å². The van der Waals surface area contributed by atoms with E-state index in [0.29, 0.717) is 55.3 Å². The zero-order valence-corrected chi connectivity index (χ0v) is 32.6. The number of para-hydroxylation sites is 1. The molecule has 0 unspecified atom stereocenters. The van der Waals surface area contributed by atoms with Gasteiger partial charge in [0.05, 0.1) is 18.1 Å². The molecule has 1 saturated heterocycles. The van der Waals surface area contributed by atoms with Crippen molar-refractivity contribution in [3.8, 4) is 5.00 Å². The molecule has 5 amide bonds. The quantitative estimate of drug-likeness (QED) is 0.137. The normalized spacial score (nSPS) is 19.0. The molecule has 3 aliphatic rings. The van der Waals surface area contributed by atoms with Gasteiger partial charge in [-0.15, -0.1) is 21.5 Å². The number of halogens is 1. The number of benzene rings is 2. The summed E-state index contributed by atoms with van der Waals surface area (Å²) < 4.78 is 2.03. The highest BCUT2D eigenvalue weighted by Gasteiger charge is 2.36. The Morgan fingerprint density at radius 3 is 2.55 bits per heavy atom. The van der Waals surface area contributed by atoms with Gasteiger partial charge >= 0.3 is 0 Å². The van der Waals surface area contributed by atoms with Gasteiger partial charge < -0.3 is 15.5 Å². The number of thiophene rings is 1.